The van der Waals surface area contributed by atoms with Gasteiger partial charge in [-0.1, -0.05) is 24.3 Å². The number of fused-ring (bicyclic) bond motifs is 5. The third-order valence-electron chi connectivity index (χ3n) is 6.41. The Morgan fingerprint density at radius 3 is 2.85 bits per heavy atom. The van der Waals surface area contributed by atoms with Crippen molar-refractivity contribution in [3.8, 4) is 33.8 Å². The largest absolute Gasteiger partial charge is 0.480 e. The monoisotopic (exact) mass is 522 g/mol. The standard InChI is InChI=1S/C23H19BrN6O4/c1-9-6-7-13-18-16(9)11-4-3-5-12(20(26-13)19(18)24)17(11)21-27-28-29-30(21)14-8-15(14)34-23(33)25-10(2)22(31)32/h3-7,10,14-15,26H,8H2,1-2H3,(H,25,33)(H,31,32)/t10-,14?,15?/m0/s1. The number of alkyl carbamates (subject to hydrolysis) is 1. The number of amides is 1. The van der Waals surface area contributed by atoms with Crippen LogP contribution in [-0.2, 0) is 9.53 Å². The maximum absolute atomic E-state index is 12.1. The lowest BCUT2D eigenvalue weighted by atomic mass is 9.91. The van der Waals surface area contributed by atoms with Crippen molar-refractivity contribution in [1.29, 1.82) is 0 Å². The van der Waals surface area contributed by atoms with Gasteiger partial charge < -0.3 is 20.1 Å². The van der Waals surface area contributed by atoms with Crippen LogP contribution < -0.4 is 5.32 Å². The first-order valence-electron chi connectivity index (χ1n) is 10.8. The average molecular weight is 523 g/mol. The van der Waals surface area contributed by atoms with E-state index < -0.39 is 24.2 Å². The molecule has 1 saturated carbocycles. The van der Waals surface area contributed by atoms with Crippen LogP contribution in [0.25, 0.3) is 44.7 Å². The number of aromatic amines is 1. The van der Waals surface area contributed by atoms with Crippen molar-refractivity contribution in [2.24, 2.45) is 0 Å². The molecule has 11 heteroatoms. The molecule has 2 unspecified atom stereocenters. The van der Waals surface area contributed by atoms with E-state index in [0.717, 1.165) is 48.9 Å². The SMILES string of the molecule is Cc1ccc2[nH]c3c(Br)c2c1-c1cccc-3c1-c1nnnn1C1CC1OC(=O)N[C@@H](C)C(=O)O. The number of nitrogens with one attached hydrogen (secondary N) is 2. The van der Waals surface area contributed by atoms with Gasteiger partial charge in [0.05, 0.1) is 16.2 Å². The maximum Gasteiger partial charge on any atom is 0.408 e. The van der Waals surface area contributed by atoms with Gasteiger partial charge in [0.2, 0.25) is 0 Å². The van der Waals surface area contributed by atoms with E-state index in [1.807, 2.05) is 12.1 Å². The molecule has 2 aromatic heterocycles. The number of carboxylic acid groups (broad SMARTS) is 1. The summed E-state index contributed by atoms with van der Waals surface area (Å²) in [6.07, 6.45) is -0.687. The third-order valence-corrected chi connectivity index (χ3v) is 7.20. The van der Waals surface area contributed by atoms with Crippen molar-refractivity contribution in [3.05, 3.63) is 40.4 Å². The number of carboxylic acids is 1. The van der Waals surface area contributed by atoms with Gasteiger partial charge in [-0.05, 0) is 63.0 Å². The fourth-order valence-corrected chi connectivity index (χ4v) is 5.36. The summed E-state index contributed by atoms with van der Waals surface area (Å²) in [7, 11) is 0. The van der Waals surface area contributed by atoms with Crippen LogP contribution in [0.3, 0.4) is 0 Å². The lowest BCUT2D eigenvalue weighted by molar-refractivity contribution is -0.138. The first kappa shape index (κ1) is 20.8. The minimum atomic E-state index is -1.13. The predicted molar refractivity (Wildman–Crippen MR) is 126 cm³/mol. The Balaban J connectivity index is 1.39. The Morgan fingerprint density at radius 2 is 2.06 bits per heavy atom. The van der Waals surface area contributed by atoms with Crippen LogP contribution in [0.15, 0.2) is 34.8 Å². The molecule has 0 spiro atoms. The predicted octanol–water partition coefficient (Wildman–Crippen LogP) is 4.05. The highest BCUT2D eigenvalue weighted by molar-refractivity contribution is 9.10. The van der Waals surface area contributed by atoms with Gasteiger partial charge in [0, 0.05) is 28.5 Å². The zero-order valence-electron chi connectivity index (χ0n) is 18.2. The van der Waals surface area contributed by atoms with Crippen LogP contribution in [0.4, 0.5) is 4.79 Å². The molecule has 2 aromatic carbocycles. The van der Waals surface area contributed by atoms with Gasteiger partial charge in [-0.25, -0.2) is 9.48 Å². The Morgan fingerprint density at radius 1 is 1.26 bits per heavy atom. The number of hydrogen-bond donors (Lipinski definition) is 3. The molecule has 4 bridgehead atoms. The van der Waals surface area contributed by atoms with E-state index in [9.17, 15) is 9.59 Å². The van der Waals surface area contributed by atoms with E-state index >= 15 is 0 Å². The lowest BCUT2D eigenvalue weighted by Gasteiger charge is -2.16. The van der Waals surface area contributed by atoms with Gasteiger partial charge in [0.1, 0.15) is 12.1 Å². The molecule has 10 nitrogen and oxygen atoms in total. The highest BCUT2D eigenvalue weighted by atomic mass is 79.9. The minimum absolute atomic E-state index is 0.240. The van der Waals surface area contributed by atoms with Gasteiger partial charge in [0.25, 0.3) is 0 Å². The molecule has 1 fully saturated rings. The fourth-order valence-electron chi connectivity index (χ4n) is 4.63. The molecule has 2 aliphatic carbocycles. The van der Waals surface area contributed by atoms with E-state index in [-0.39, 0.29) is 6.04 Å². The quantitative estimate of drug-likeness (QED) is 0.316. The number of rotatable bonds is 5. The van der Waals surface area contributed by atoms with Gasteiger partial charge in [-0.15, -0.1) is 5.10 Å². The Kier molecular flexibility index (Phi) is 4.53. The molecule has 3 N–H and O–H groups in total. The molecule has 2 aliphatic rings. The number of aryl methyl sites for hydroxylation is 1. The molecular formula is C23H19BrN6O4. The molecule has 0 radical (unpaired) electrons. The highest BCUT2D eigenvalue weighted by Crippen LogP contribution is 2.52. The summed E-state index contributed by atoms with van der Waals surface area (Å²) in [5, 5.41) is 24.9. The number of carbonyl (C=O) groups is 2. The third kappa shape index (κ3) is 3.03. The smallest absolute Gasteiger partial charge is 0.408 e. The molecule has 172 valence electrons. The first-order chi connectivity index (χ1) is 16.3. The number of carbonyl (C=O) groups excluding carboxylic acids is 1. The van der Waals surface area contributed by atoms with Crippen molar-refractivity contribution in [2.45, 2.75) is 38.5 Å². The summed E-state index contributed by atoms with van der Waals surface area (Å²) < 4.78 is 8.09. The molecular weight excluding hydrogens is 504 g/mol. The Labute approximate surface area is 201 Å². The van der Waals surface area contributed by atoms with Crippen LogP contribution in [0.1, 0.15) is 24.9 Å². The second-order valence-electron chi connectivity index (χ2n) is 8.62. The van der Waals surface area contributed by atoms with E-state index in [0.29, 0.717) is 12.2 Å². The van der Waals surface area contributed by atoms with E-state index in [4.69, 9.17) is 9.84 Å². The molecule has 34 heavy (non-hydrogen) atoms. The summed E-state index contributed by atoms with van der Waals surface area (Å²) >= 11 is 3.80. The number of benzene rings is 2. The summed E-state index contributed by atoms with van der Waals surface area (Å²) in [5.41, 5.74) is 7.16. The van der Waals surface area contributed by atoms with E-state index in [2.05, 4.69) is 66.9 Å². The topological polar surface area (TPSA) is 135 Å². The molecule has 6 rings (SSSR count). The number of hydrogen-bond acceptors (Lipinski definition) is 6. The number of ether oxygens (including phenoxy) is 1. The Bertz CT molecular complexity index is 1510. The van der Waals surface area contributed by atoms with Crippen molar-refractivity contribution in [1.82, 2.24) is 30.5 Å². The maximum atomic E-state index is 12.1. The zero-order chi connectivity index (χ0) is 23.7. The van der Waals surface area contributed by atoms with Crippen molar-refractivity contribution >= 4 is 38.9 Å². The minimum Gasteiger partial charge on any atom is -0.480 e. The van der Waals surface area contributed by atoms with Crippen LogP contribution in [0.5, 0.6) is 0 Å². The van der Waals surface area contributed by atoms with E-state index in [1.165, 1.54) is 6.92 Å². The number of aliphatic carboxylic acids is 1. The Hall–Kier alpha value is -3.73. The number of H-pyrrole nitrogens is 1. The lowest BCUT2D eigenvalue weighted by Crippen LogP contribution is -2.39. The molecule has 0 aliphatic heterocycles. The molecule has 4 aromatic rings. The van der Waals surface area contributed by atoms with Crippen LogP contribution in [-0.4, -0.2) is 54.5 Å². The van der Waals surface area contributed by atoms with Gasteiger partial charge in [-0.3, -0.25) is 4.79 Å². The second kappa shape index (κ2) is 7.39. The van der Waals surface area contributed by atoms with Crippen LogP contribution in [0, 0.1) is 6.92 Å². The van der Waals surface area contributed by atoms with Crippen LogP contribution in [0.2, 0.25) is 0 Å². The molecule has 3 atom stereocenters. The van der Waals surface area contributed by atoms with Crippen LogP contribution >= 0.6 is 15.9 Å². The number of nitrogens with zero attached hydrogens (tertiary/aromatic N) is 4. The van der Waals surface area contributed by atoms with Gasteiger partial charge in [0.15, 0.2) is 5.82 Å². The van der Waals surface area contributed by atoms with Gasteiger partial charge in [-0.2, -0.15) is 0 Å². The second-order valence-corrected chi connectivity index (χ2v) is 9.41. The summed E-state index contributed by atoms with van der Waals surface area (Å²) in [4.78, 5) is 26.6. The van der Waals surface area contributed by atoms with Crippen molar-refractivity contribution in [3.63, 3.8) is 0 Å². The van der Waals surface area contributed by atoms with Crippen molar-refractivity contribution < 1.29 is 19.4 Å². The molecule has 1 amide bonds. The molecule has 2 heterocycles. The zero-order valence-corrected chi connectivity index (χ0v) is 19.8. The summed E-state index contributed by atoms with van der Waals surface area (Å²) in [6.45, 7) is 3.46. The van der Waals surface area contributed by atoms with E-state index in [1.54, 1.807) is 4.68 Å². The number of aromatic nitrogens is 5. The van der Waals surface area contributed by atoms with Gasteiger partial charge >= 0.3 is 12.1 Å². The van der Waals surface area contributed by atoms with Crippen molar-refractivity contribution in [2.75, 3.05) is 0 Å². The number of tetrazole rings is 1. The average Bonchev–Trinajstić information content (AvgIpc) is 3.24. The normalized spacial score (nSPS) is 18.6. The first-order valence-corrected chi connectivity index (χ1v) is 11.6. The molecule has 0 saturated heterocycles. The summed E-state index contributed by atoms with van der Waals surface area (Å²) in [5.74, 6) is -0.550. The highest BCUT2D eigenvalue weighted by Gasteiger charge is 2.46. The fraction of sp³-hybridized carbons (Fsp3) is 0.261. The number of halogens is 1. The summed E-state index contributed by atoms with van der Waals surface area (Å²) in [6, 6.07) is 9.03.